The topological polar surface area (TPSA) is 32.3 Å². The average molecular weight is 377 g/mol. The van der Waals surface area contributed by atoms with Crippen molar-refractivity contribution in [1.29, 1.82) is 0 Å². The van der Waals surface area contributed by atoms with Crippen LogP contribution in [0.25, 0.3) is 0 Å². The summed E-state index contributed by atoms with van der Waals surface area (Å²) in [6.45, 7) is 0. The van der Waals surface area contributed by atoms with E-state index in [4.69, 9.17) is 0 Å². The maximum Gasteiger partial charge on any atom is 0.0659 e. The Morgan fingerprint density at radius 3 is 3.00 bits per heavy atom. The molecule has 2 aliphatic carbocycles. The molecule has 0 aromatic carbocycles. The molecule has 0 radical (unpaired) electrons. The Labute approximate surface area is 126 Å². The summed E-state index contributed by atoms with van der Waals surface area (Å²) in [5.41, 5.74) is 1.54. The van der Waals surface area contributed by atoms with Crippen LogP contribution >= 0.6 is 33.9 Å². The minimum atomic E-state index is -0.0816. The van der Waals surface area contributed by atoms with E-state index in [0.717, 1.165) is 12.8 Å². The molecule has 2 nitrogen and oxygen atoms in total. The molecule has 1 saturated carbocycles. The fourth-order valence-corrected chi connectivity index (χ4v) is 5.41. The SMILES string of the molecule is OC1CCCC(NC2CCCc3sc(I)cc32)C1. The quantitative estimate of drug-likeness (QED) is 0.772. The number of thiophene rings is 1. The lowest BCUT2D eigenvalue weighted by Gasteiger charge is -2.32. The second kappa shape index (κ2) is 5.77. The molecule has 3 unspecified atom stereocenters. The Bertz CT molecular complexity index is 420. The van der Waals surface area contributed by atoms with E-state index in [0.29, 0.717) is 12.1 Å². The van der Waals surface area contributed by atoms with Crippen LogP contribution in [-0.4, -0.2) is 17.3 Å². The summed E-state index contributed by atoms with van der Waals surface area (Å²) >= 11 is 4.39. The maximum absolute atomic E-state index is 9.77. The van der Waals surface area contributed by atoms with Crippen molar-refractivity contribution in [2.75, 3.05) is 0 Å². The lowest BCUT2D eigenvalue weighted by atomic mass is 9.89. The third-order valence-electron chi connectivity index (χ3n) is 4.17. The fraction of sp³-hybridized carbons (Fsp3) is 0.714. The van der Waals surface area contributed by atoms with Crippen LogP contribution in [0.15, 0.2) is 6.07 Å². The van der Waals surface area contributed by atoms with Gasteiger partial charge >= 0.3 is 0 Å². The minimum Gasteiger partial charge on any atom is -0.393 e. The number of halogens is 1. The highest BCUT2D eigenvalue weighted by Gasteiger charge is 2.27. The van der Waals surface area contributed by atoms with Gasteiger partial charge in [-0.15, -0.1) is 11.3 Å². The first kappa shape index (κ1) is 13.3. The second-order valence-electron chi connectivity index (χ2n) is 5.56. The van der Waals surface area contributed by atoms with Crippen molar-refractivity contribution in [2.24, 2.45) is 0 Å². The summed E-state index contributed by atoms with van der Waals surface area (Å²) in [5, 5.41) is 13.6. The van der Waals surface area contributed by atoms with Gasteiger partial charge in [0.05, 0.1) is 8.99 Å². The molecule has 3 atom stereocenters. The first-order valence-corrected chi connectivity index (χ1v) is 8.84. The normalized spacial score (nSPS) is 32.2. The van der Waals surface area contributed by atoms with Crippen LogP contribution in [0.4, 0.5) is 0 Å². The molecular formula is C14H20INOS. The molecule has 1 heterocycles. The van der Waals surface area contributed by atoms with Crippen LogP contribution < -0.4 is 5.32 Å². The molecule has 1 aromatic rings. The molecule has 3 rings (SSSR count). The molecule has 0 bridgehead atoms. The van der Waals surface area contributed by atoms with Gasteiger partial charge < -0.3 is 10.4 Å². The molecule has 4 heteroatoms. The van der Waals surface area contributed by atoms with Crippen molar-refractivity contribution < 1.29 is 5.11 Å². The van der Waals surface area contributed by atoms with Crippen LogP contribution in [0, 0.1) is 2.88 Å². The zero-order chi connectivity index (χ0) is 12.5. The van der Waals surface area contributed by atoms with Gasteiger partial charge in [-0.3, -0.25) is 0 Å². The highest BCUT2D eigenvalue weighted by Crippen LogP contribution is 2.37. The number of aliphatic hydroxyl groups excluding tert-OH is 1. The largest absolute Gasteiger partial charge is 0.393 e. The highest BCUT2D eigenvalue weighted by atomic mass is 127. The average Bonchev–Trinajstić information content (AvgIpc) is 2.71. The van der Waals surface area contributed by atoms with Gasteiger partial charge in [-0.05, 0) is 79.2 Å². The number of nitrogens with one attached hydrogen (secondary N) is 1. The number of aliphatic hydroxyl groups is 1. The van der Waals surface area contributed by atoms with E-state index in [1.807, 2.05) is 11.3 Å². The fourth-order valence-electron chi connectivity index (χ4n) is 3.29. The summed E-state index contributed by atoms with van der Waals surface area (Å²) < 4.78 is 1.41. The predicted octanol–water partition coefficient (Wildman–Crippen LogP) is 3.62. The molecule has 0 saturated heterocycles. The Kier molecular flexibility index (Phi) is 4.28. The molecule has 2 N–H and O–H groups in total. The molecule has 0 spiro atoms. The Morgan fingerprint density at radius 2 is 2.17 bits per heavy atom. The Morgan fingerprint density at radius 1 is 1.28 bits per heavy atom. The van der Waals surface area contributed by atoms with Crippen LogP contribution in [0.1, 0.15) is 55.0 Å². The lowest BCUT2D eigenvalue weighted by Crippen LogP contribution is -2.39. The molecule has 2 aliphatic rings. The van der Waals surface area contributed by atoms with E-state index in [2.05, 4.69) is 34.0 Å². The van der Waals surface area contributed by atoms with Gasteiger partial charge in [-0.1, -0.05) is 0 Å². The van der Waals surface area contributed by atoms with Crippen molar-refractivity contribution in [1.82, 2.24) is 5.32 Å². The van der Waals surface area contributed by atoms with Crippen LogP contribution in [-0.2, 0) is 6.42 Å². The van der Waals surface area contributed by atoms with Gasteiger partial charge in [0.1, 0.15) is 0 Å². The van der Waals surface area contributed by atoms with Crippen molar-refractivity contribution in [3.8, 4) is 0 Å². The number of hydrogen-bond acceptors (Lipinski definition) is 3. The predicted molar refractivity (Wildman–Crippen MR) is 84.1 cm³/mol. The number of aryl methyl sites for hydroxylation is 1. The summed E-state index contributed by atoms with van der Waals surface area (Å²) in [4.78, 5) is 1.58. The van der Waals surface area contributed by atoms with E-state index >= 15 is 0 Å². The maximum atomic E-state index is 9.77. The van der Waals surface area contributed by atoms with Gasteiger partial charge in [-0.2, -0.15) is 0 Å². The highest BCUT2D eigenvalue weighted by molar-refractivity contribution is 14.1. The van der Waals surface area contributed by atoms with Crippen LogP contribution in [0.2, 0.25) is 0 Å². The van der Waals surface area contributed by atoms with Crippen molar-refractivity contribution in [3.05, 3.63) is 19.4 Å². The number of rotatable bonds is 2. The minimum absolute atomic E-state index is 0.0816. The zero-order valence-electron chi connectivity index (χ0n) is 10.5. The van der Waals surface area contributed by atoms with Crippen LogP contribution in [0.3, 0.4) is 0 Å². The van der Waals surface area contributed by atoms with E-state index in [9.17, 15) is 5.11 Å². The second-order valence-corrected chi connectivity index (χ2v) is 8.59. The Balaban J connectivity index is 1.70. The molecule has 0 amide bonds. The monoisotopic (exact) mass is 377 g/mol. The standard InChI is InChI=1S/C14H20INOS/c15-14-8-11-12(5-2-6-13(11)18-14)16-9-3-1-4-10(17)7-9/h8-10,12,16-17H,1-7H2. The van der Waals surface area contributed by atoms with Gasteiger partial charge in [-0.25, -0.2) is 0 Å². The first-order valence-electron chi connectivity index (χ1n) is 6.94. The summed E-state index contributed by atoms with van der Waals surface area (Å²) in [6, 6.07) is 3.41. The molecule has 1 aromatic heterocycles. The number of hydrogen-bond donors (Lipinski definition) is 2. The number of fused-ring (bicyclic) bond motifs is 1. The van der Waals surface area contributed by atoms with Crippen LogP contribution in [0.5, 0.6) is 0 Å². The smallest absolute Gasteiger partial charge is 0.0659 e. The third-order valence-corrected chi connectivity index (χ3v) is 6.14. The van der Waals surface area contributed by atoms with Crippen molar-refractivity contribution in [3.63, 3.8) is 0 Å². The first-order chi connectivity index (χ1) is 8.72. The summed E-state index contributed by atoms with van der Waals surface area (Å²) in [5.74, 6) is 0. The zero-order valence-corrected chi connectivity index (χ0v) is 13.5. The molecule has 1 fully saturated rings. The molecular weight excluding hydrogens is 357 g/mol. The summed E-state index contributed by atoms with van der Waals surface area (Å²) in [7, 11) is 0. The summed E-state index contributed by atoms with van der Waals surface area (Å²) in [6.07, 6.45) is 8.06. The lowest BCUT2D eigenvalue weighted by molar-refractivity contribution is 0.107. The molecule has 0 aliphatic heterocycles. The van der Waals surface area contributed by atoms with Gasteiger partial charge in [0, 0.05) is 17.0 Å². The van der Waals surface area contributed by atoms with Gasteiger partial charge in [0.2, 0.25) is 0 Å². The third kappa shape index (κ3) is 2.92. The van der Waals surface area contributed by atoms with E-state index in [1.54, 1.807) is 4.88 Å². The van der Waals surface area contributed by atoms with Crippen molar-refractivity contribution in [2.45, 2.75) is 63.1 Å². The van der Waals surface area contributed by atoms with E-state index < -0.39 is 0 Å². The van der Waals surface area contributed by atoms with Gasteiger partial charge in [0.15, 0.2) is 0 Å². The van der Waals surface area contributed by atoms with Gasteiger partial charge in [0.25, 0.3) is 0 Å². The van der Waals surface area contributed by atoms with E-state index in [1.165, 1.54) is 40.6 Å². The van der Waals surface area contributed by atoms with Crippen molar-refractivity contribution >= 4 is 33.9 Å². The van der Waals surface area contributed by atoms with E-state index in [-0.39, 0.29) is 6.10 Å². The molecule has 18 heavy (non-hydrogen) atoms. The molecule has 100 valence electrons. The Hall–Kier alpha value is 0.350.